The second kappa shape index (κ2) is 69.4. The van der Waals surface area contributed by atoms with E-state index in [1.54, 1.807) is 0 Å². The Morgan fingerprint density at radius 1 is 0.276 bits per heavy atom. The molecule has 0 rings (SSSR count). The number of ether oxygens (including phenoxy) is 4. The van der Waals surface area contributed by atoms with E-state index in [1.807, 2.05) is 0 Å². The van der Waals surface area contributed by atoms with Gasteiger partial charge >= 0.3 is 39.5 Å². The van der Waals surface area contributed by atoms with Crippen LogP contribution in [-0.2, 0) is 65.4 Å². The second-order valence-corrected chi connectivity index (χ2v) is 32.8. The van der Waals surface area contributed by atoms with Crippen molar-refractivity contribution < 1.29 is 80.2 Å². The molecule has 0 saturated heterocycles. The fourth-order valence-electron chi connectivity index (χ4n) is 12.1. The quantitative estimate of drug-likeness (QED) is 0.0222. The Balaban J connectivity index is 5.20. The summed E-state index contributed by atoms with van der Waals surface area (Å²) in [6.07, 6.45) is 57.3. The Morgan fingerprint density at radius 3 is 0.694 bits per heavy atom. The van der Waals surface area contributed by atoms with Crippen molar-refractivity contribution in [3.8, 4) is 0 Å². The van der Waals surface area contributed by atoms with Crippen molar-refractivity contribution in [2.45, 2.75) is 426 Å². The number of hydrogen-bond acceptors (Lipinski definition) is 15. The Labute approximate surface area is 600 Å². The van der Waals surface area contributed by atoms with Crippen molar-refractivity contribution >= 4 is 39.5 Å². The SMILES string of the molecule is CCCCCCCCCCCCCCCCCCCCCC(=O)OC[C@H](COP(=O)(O)OC[C@@H](O)COP(=O)(O)OC[C@@H](COC(=O)CCCCCCCCC(C)C)OC(=O)CCCCCCCCCCC(C)C)OC(=O)CCCCCCCCCCCCCCCCCCC(C)C. The molecule has 0 aromatic rings. The average Bonchev–Trinajstić information content (AvgIpc) is 0.993. The molecule has 0 amide bonds. The molecule has 98 heavy (non-hydrogen) atoms. The number of carbonyl (C=O) groups excluding carboxylic acids is 4. The summed E-state index contributed by atoms with van der Waals surface area (Å²) in [4.78, 5) is 72.8. The monoisotopic (exact) mass is 1440 g/mol. The first kappa shape index (κ1) is 96.1. The number of rotatable bonds is 77. The van der Waals surface area contributed by atoms with Crippen molar-refractivity contribution in [3.05, 3.63) is 0 Å². The van der Waals surface area contributed by atoms with Crippen LogP contribution < -0.4 is 0 Å². The first-order chi connectivity index (χ1) is 47.2. The Hall–Kier alpha value is -1.94. The number of hydrogen-bond donors (Lipinski definition) is 3. The minimum Gasteiger partial charge on any atom is -0.462 e. The van der Waals surface area contributed by atoms with Gasteiger partial charge in [-0.2, -0.15) is 0 Å². The summed E-state index contributed by atoms with van der Waals surface area (Å²) >= 11 is 0. The molecule has 0 saturated carbocycles. The van der Waals surface area contributed by atoms with E-state index in [2.05, 4.69) is 48.5 Å². The third-order valence-electron chi connectivity index (χ3n) is 18.4. The van der Waals surface area contributed by atoms with E-state index in [9.17, 15) is 43.2 Å². The minimum atomic E-state index is -4.96. The normalized spacial score (nSPS) is 14.0. The fraction of sp³-hybridized carbons (Fsp3) is 0.949. The predicted octanol–water partition coefficient (Wildman–Crippen LogP) is 23.4. The van der Waals surface area contributed by atoms with Gasteiger partial charge in [-0.3, -0.25) is 37.3 Å². The van der Waals surface area contributed by atoms with Gasteiger partial charge in [-0.25, -0.2) is 9.13 Å². The molecule has 0 aliphatic rings. The van der Waals surface area contributed by atoms with Gasteiger partial charge in [-0.1, -0.05) is 357 Å². The van der Waals surface area contributed by atoms with Crippen LogP contribution in [0.1, 0.15) is 408 Å². The van der Waals surface area contributed by atoms with Crippen LogP contribution in [0.2, 0.25) is 0 Å². The van der Waals surface area contributed by atoms with Crippen LogP contribution in [0.3, 0.4) is 0 Å². The lowest BCUT2D eigenvalue weighted by atomic mass is 10.0. The molecule has 3 N–H and O–H groups in total. The molecule has 5 atom stereocenters. The van der Waals surface area contributed by atoms with Crippen LogP contribution in [0.4, 0.5) is 0 Å². The highest BCUT2D eigenvalue weighted by molar-refractivity contribution is 7.47. The lowest BCUT2D eigenvalue weighted by Crippen LogP contribution is -2.30. The largest absolute Gasteiger partial charge is 0.472 e. The maximum Gasteiger partial charge on any atom is 0.472 e. The number of carbonyl (C=O) groups is 4. The Kier molecular flexibility index (Phi) is 68.1. The summed E-state index contributed by atoms with van der Waals surface area (Å²) in [5.74, 6) is 0.0882. The molecule has 19 heteroatoms. The lowest BCUT2D eigenvalue weighted by Gasteiger charge is -2.21. The molecule has 0 spiro atoms. The van der Waals surface area contributed by atoms with Crippen LogP contribution in [0.5, 0.6) is 0 Å². The average molecular weight is 1440 g/mol. The van der Waals surface area contributed by atoms with Crippen LogP contribution in [0, 0.1) is 17.8 Å². The highest BCUT2D eigenvalue weighted by Gasteiger charge is 2.30. The summed E-state index contributed by atoms with van der Waals surface area (Å²) in [5.41, 5.74) is 0. The number of esters is 4. The number of aliphatic hydroxyl groups is 1. The molecule has 0 aliphatic heterocycles. The lowest BCUT2D eigenvalue weighted by molar-refractivity contribution is -0.161. The molecule has 0 radical (unpaired) electrons. The fourth-order valence-corrected chi connectivity index (χ4v) is 13.7. The van der Waals surface area contributed by atoms with Gasteiger partial charge in [0.1, 0.15) is 19.3 Å². The van der Waals surface area contributed by atoms with E-state index in [-0.39, 0.29) is 25.7 Å². The van der Waals surface area contributed by atoms with Gasteiger partial charge in [-0.15, -0.1) is 0 Å². The molecule has 0 aromatic heterocycles. The second-order valence-electron chi connectivity index (χ2n) is 29.9. The van der Waals surface area contributed by atoms with Crippen molar-refractivity contribution in [1.29, 1.82) is 0 Å². The van der Waals surface area contributed by atoms with Gasteiger partial charge < -0.3 is 33.8 Å². The number of unbranched alkanes of at least 4 members (excludes halogenated alkanes) is 45. The van der Waals surface area contributed by atoms with Crippen molar-refractivity contribution in [1.82, 2.24) is 0 Å². The number of aliphatic hydroxyl groups excluding tert-OH is 1. The zero-order chi connectivity index (χ0) is 72.3. The van der Waals surface area contributed by atoms with Crippen LogP contribution in [0.25, 0.3) is 0 Å². The third-order valence-corrected chi connectivity index (χ3v) is 20.3. The van der Waals surface area contributed by atoms with E-state index >= 15 is 0 Å². The van der Waals surface area contributed by atoms with Gasteiger partial charge in [0.2, 0.25) is 0 Å². The topological polar surface area (TPSA) is 237 Å². The van der Waals surface area contributed by atoms with Crippen molar-refractivity contribution in [2.75, 3.05) is 39.6 Å². The molecule has 2 unspecified atom stereocenters. The highest BCUT2D eigenvalue weighted by atomic mass is 31.2. The Bertz CT molecular complexity index is 1900. The van der Waals surface area contributed by atoms with Gasteiger partial charge in [0.25, 0.3) is 0 Å². The zero-order valence-corrected chi connectivity index (χ0v) is 66.0. The van der Waals surface area contributed by atoms with Crippen LogP contribution >= 0.6 is 15.6 Å². The highest BCUT2D eigenvalue weighted by Crippen LogP contribution is 2.45. The summed E-state index contributed by atoms with van der Waals surface area (Å²) in [6.45, 7) is 11.8. The van der Waals surface area contributed by atoms with E-state index in [4.69, 9.17) is 37.0 Å². The first-order valence-electron chi connectivity index (χ1n) is 40.8. The smallest absolute Gasteiger partial charge is 0.462 e. The molecular weight excluding hydrogens is 1280 g/mol. The van der Waals surface area contributed by atoms with Crippen LogP contribution in [0.15, 0.2) is 0 Å². The summed E-state index contributed by atoms with van der Waals surface area (Å²) in [5, 5.41) is 10.6. The van der Waals surface area contributed by atoms with Gasteiger partial charge in [-0.05, 0) is 43.4 Å². The molecule has 0 aliphatic carbocycles. The molecule has 582 valence electrons. The summed E-state index contributed by atoms with van der Waals surface area (Å²) in [6, 6.07) is 0. The zero-order valence-electron chi connectivity index (χ0n) is 64.3. The maximum absolute atomic E-state index is 13.1. The Morgan fingerprint density at radius 2 is 0.469 bits per heavy atom. The molecule has 0 bridgehead atoms. The predicted molar refractivity (Wildman–Crippen MR) is 400 cm³/mol. The van der Waals surface area contributed by atoms with E-state index in [1.165, 1.54) is 212 Å². The van der Waals surface area contributed by atoms with Crippen molar-refractivity contribution in [3.63, 3.8) is 0 Å². The van der Waals surface area contributed by atoms with Gasteiger partial charge in [0, 0.05) is 25.7 Å². The number of phosphoric ester groups is 2. The summed E-state index contributed by atoms with van der Waals surface area (Å²) in [7, 11) is -9.91. The molecule has 17 nitrogen and oxygen atoms in total. The standard InChI is InChI=1S/C79H154O17P2/c1-8-9-10-11-12-13-14-15-16-17-18-19-23-26-29-32-38-46-53-60-76(81)89-66-74(95-78(83)62-55-48-39-33-30-27-24-21-20-22-25-28-31-36-43-50-57-70(2)3)68-93-97(85,86)91-64-73(80)65-92-98(87,88)94-69-75(67-90-77(82)61-54-47-42-41-45-52-59-72(6)7)96-79(84)63-56-49-40-35-34-37-44-51-58-71(4)5/h70-75,80H,8-69H2,1-7H3,(H,85,86)(H,87,88)/t73-,74-,75-/m1/s1. The minimum absolute atomic E-state index is 0.103. The molecule has 0 heterocycles. The van der Waals surface area contributed by atoms with E-state index < -0.39 is 97.5 Å². The first-order valence-corrected chi connectivity index (χ1v) is 43.8. The maximum atomic E-state index is 13.1. The van der Waals surface area contributed by atoms with E-state index in [0.717, 1.165) is 108 Å². The van der Waals surface area contributed by atoms with Gasteiger partial charge in [0.15, 0.2) is 12.2 Å². The molecule has 0 aromatic carbocycles. The van der Waals surface area contributed by atoms with Crippen molar-refractivity contribution in [2.24, 2.45) is 17.8 Å². The molecular formula is C79H154O17P2. The van der Waals surface area contributed by atoms with E-state index in [0.29, 0.717) is 31.6 Å². The van der Waals surface area contributed by atoms with Gasteiger partial charge in [0.05, 0.1) is 26.4 Å². The summed E-state index contributed by atoms with van der Waals surface area (Å²) < 4.78 is 68.6. The third kappa shape index (κ3) is 72.4. The molecule has 0 fully saturated rings. The number of phosphoric acid groups is 2. The van der Waals surface area contributed by atoms with Crippen LogP contribution in [-0.4, -0.2) is 96.7 Å².